The van der Waals surface area contributed by atoms with E-state index < -0.39 is 0 Å². The molecule has 0 fully saturated rings. The van der Waals surface area contributed by atoms with E-state index in [-0.39, 0.29) is 5.91 Å². The molecule has 1 amide bonds. The number of thiophene rings is 1. The van der Waals surface area contributed by atoms with Crippen LogP contribution in [-0.4, -0.2) is 22.3 Å². The van der Waals surface area contributed by atoms with Crippen LogP contribution in [0.25, 0.3) is 11.3 Å². The van der Waals surface area contributed by atoms with Crippen LogP contribution < -0.4 is 5.43 Å². The molecule has 1 aromatic carbocycles. The van der Waals surface area contributed by atoms with Crippen molar-refractivity contribution in [1.82, 2.24) is 15.6 Å². The summed E-state index contributed by atoms with van der Waals surface area (Å²) in [4.78, 5) is 13.1. The molecule has 5 nitrogen and oxygen atoms in total. The minimum absolute atomic E-state index is 0.317. The summed E-state index contributed by atoms with van der Waals surface area (Å²) in [6, 6.07) is 13.9. The first-order valence-corrected chi connectivity index (χ1v) is 9.01. The number of H-pyrrole nitrogens is 1. The van der Waals surface area contributed by atoms with Crippen molar-refractivity contribution >= 4 is 23.5 Å². The monoisotopic (exact) mass is 352 g/mol. The van der Waals surface area contributed by atoms with Crippen LogP contribution in [0.15, 0.2) is 52.9 Å². The molecule has 0 aliphatic carbocycles. The second-order valence-corrected chi connectivity index (χ2v) is 7.16. The lowest BCUT2D eigenvalue weighted by Gasteiger charge is -2.05. The molecule has 0 radical (unpaired) electrons. The van der Waals surface area contributed by atoms with Gasteiger partial charge < -0.3 is 0 Å². The number of nitrogens with one attached hydrogen (secondary N) is 2. The fraction of sp³-hybridized carbons (Fsp3) is 0.211. The number of aromatic nitrogens is 2. The minimum atomic E-state index is -0.317. The lowest BCUT2D eigenvalue weighted by atomic mass is 10.0. The number of rotatable bonds is 6. The molecular weight excluding hydrogens is 332 g/mol. The molecular formula is C19H20N4OS. The zero-order valence-corrected chi connectivity index (χ0v) is 15.0. The maximum atomic E-state index is 12.1. The molecule has 0 unspecified atom stereocenters. The summed E-state index contributed by atoms with van der Waals surface area (Å²) in [6.07, 6.45) is 2.67. The Balaban J connectivity index is 1.64. The minimum Gasteiger partial charge on any atom is -0.272 e. The van der Waals surface area contributed by atoms with E-state index in [1.165, 1.54) is 5.56 Å². The third-order valence-corrected chi connectivity index (χ3v) is 4.42. The molecule has 2 heterocycles. The van der Waals surface area contributed by atoms with E-state index >= 15 is 0 Å². The maximum Gasteiger partial charge on any atom is 0.289 e. The standard InChI is InChI=1S/C19H20N4OS/c1-13(2)10-14-5-7-15(8-6-14)17-11-18(22-21-17)19(24)23-20-12-16-4-3-9-25-16/h3-9,11-13H,10H2,1-2H3,(H,21,22)(H,23,24). The third kappa shape index (κ3) is 4.64. The van der Waals surface area contributed by atoms with Gasteiger partial charge in [0.2, 0.25) is 0 Å². The predicted octanol–water partition coefficient (Wildman–Crippen LogP) is 4.10. The maximum absolute atomic E-state index is 12.1. The number of nitrogens with zero attached hydrogens (tertiary/aromatic N) is 2. The Morgan fingerprint density at radius 1 is 1.32 bits per heavy atom. The second-order valence-electron chi connectivity index (χ2n) is 6.18. The summed E-state index contributed by atoms with van der Waals surface area (Å²) in [7, 11) is 0. The predicted molar refractivity (Wildman–Crippen MR) is 102 cm³/mol. The quantitative estimate of drug-likeness (QED) is 0.518. The van der Waals surface area contributed by atoms with Gasteiger partial charge in [0.15, 0.2) is 0 Å². The molecule has 0 spiro atoms. The molecule has 2 aromatic heterocycles. The topological polar surface area (TPSA) is 70.1 Å². The van der Waals surface area contributed by atoms with Gasteiger partial charge >= 0.3 is 0 Å². The molecule has 0 aliphatic rings. The van der Waals surface area contributed by atoms with Crippen molar-refractivity contribution in [3.63, 3.8) is 0 Å². The van der Waals surface area contributed by atoms with Crippen LogP contribution in [0.1, 0.15) is 34.8 Å². The van der Waals surface area contributed by atoms with Crippen molar-refractivity contribution in [2.75, 3.05) is 0 Å². The van der Waals surface area contributed by atoms with E-state index in [9.17, 15) is 4.79 Å². The SMILES string of the molecule is CC(C)Cc1ccc(-c2cc(C(=O)NN=Cc3cccs3)[nH]n2)cc1. The van der Waals surface area contributed by atoms with Crippen LogP contribution in [0.4, 0.5) is 0 Å². The van der Waals surface area contributed by atoms with Crippen LogP contribution >= 0.6 is 11.3 Å². The first-order valence-electron chi connectivity index (χ1n) is 8.13. The molecule has 6 heteroatoms. The smallest absolute Gasteiger partial charge is 0.272 e. The lowest BCUT2D eigenvalue weighted by Crippen LogP contribution is -2.17. The number of benzene rings is 1. The zero-order valence-electron chi connectivity index (χ0n) is 14.2. The first-order chi connectivity index (χ1) is 12.1. The summed E-state index contributed by atoms with van der Waals surface area (Å²) in [5.41, 5.74) is 5.90. The molecule has 3 aromatic rings. The molecule has 2 N–H and O–H groups in total. The van der Waals surface area contributed by atoms with Gasteiger partial charge in [-0.25, -0.2) is 5.43 Å². The van der Waals surface area contributed by atoms with Crippen molar-refractivity contribution in [3.05, 3.63) is 64.0 Å². The number of aromatic amines is 1. The highest BCUT2D eigenvalue weighted by Gasteiger charge is 2.10. The number of carbonyl (C=O) groups excluding carboxylic acids is 1. The lowest BCUT2D eigenvalue weighted by molar-refractivity contribution is 0.0950. The summed E-state index contributed by atoms with van der Waals surface area (Å²) >= 11 is 1.56. The van der Waals surface area contributed by atoms with Crippen molar-refractivity contribution < 1.29 is 4.79 Å². The Morgan fingerprint density at radius 2 is 2.12 bits per heavy atom. The summed E-state index contributed by atoms with van der Waals surface area (Å²) in [5.74, 6) is 0.309. The van der Waals surface area contributed by atoms with Crippen molar-refractivity contribution in [1.29, 1.82) is 0 Å². The Morgan fingerprint density at radius 3 is 2.80 bits per heavy atom. The van der Waals surface area contributed by atoms with Crippen LogP contribution in [0.2, 0.25) is 0 Å². The van der Waals surface area contributed by atoms with Crippen LogP contribution in [0, 0.1) is 5.92 Å². The fourth-order valence-corrected chi connectivity index (χ4v) is 3.03. The highest BCUT2D eigenvalue weighted by molar-refractivity contribution is 7.11. The van der Waals surface area contributed by atoms with Crippen LogP contribution in [-0.2, 0) is 6.42 Å². The Hall–Kier alpha value is -2.73. The van der Waals surface area contributed by atoms with E-state index in [1.807, 2.05) is 29.6 Å². The van der Waals surface area contributed by atoms with Gasteiger partial charge in [-0.2, -0.15) is 10.2 Å². The number of amides is 1. The zero-order chi connectivity index (χ0) is 17.6. The Kier molecular flexibility index (Phi) is 5.40. The van der Waals surface area contributed by atoms with E-state index in [1.54, 1.807) is 23.6 Å². The number of carbonyl (C=O) groups is 1. The van der Waals surface area contributed by atoms with E-state index in [0.717, 1.165) is 22.6 Å². The summed E-state index contributed by atoms with van der Waals surface area (Å²) < 4.78 is 0. The molecule has 25 heavy (non-hydrogen) atoms. The highest BCUT2D eigenvalue weighted by atomic mass is 32.1. The van der Waals surface area contributed by atoms with Crippen molar-refractivity contribution in [2.24, 2.45) is 11.0 Å². The highest BCUT2D eigenvalue weighted by Crippen LogP contribution is 2.19. The Labute approximate surface area is 150 Å². The van der Waals surface area contributed by atoms with Crippen LogP contribution in [0.5, 0.6) is 0 Å². The third-order valence-electron chi connectivity index (χ3n) is 3.62. The van der Waals surface area contributed by atoms with Gasteiger partial charge in [-0.15, -0.1) is 11.3 Å². The van der Waals surface area contributed by atoms with Gasteiger partial charge in [0.05, 0.1) is 11.9 Å². The van der Waals surface area contributed by atoms with Crippen molar-refractivity contribution in [2.45, 2.75) is 20.3 Å². The van der Waals surface area contributed by atoms with Gasteiger partial charge in [0.25, 0.3) is 5.91 Å². The molecule has 0 saturated heterocycles. The Bertz CT molecular complexity index is 848. The van der Waals surface area contributed by atoms with E-state index in [4.69, 9.17) is 0 Å². The van der Waals surface area contributed by atoms with Gasteiger partial charge in [-0.3, -0.25) is 9.89 Å². The second kappa shape index (κ2) is 7.90. The number of hydrogen-bond acceptors (Lipinski definition) is 4. The average molecular weight is 352 g/mol. The number of hydrogen-bond donors (Lipinski definition) is 2. The molecule has 0 saturated carbocycles. The van der Waals surface area contributed by atoms with Gasteiger partial charge in [-0.05, 0) is 35.4 Å². The van der Waals surface area contributed by atoms with Gasteiger partial charge in [-0.1, -0.05) is 44.2 Å². The first kappa shape index (κ1) is 17.1. The summed E-state index contributed by atoms with van der Waals surface area (Å²) in [5, 5.41) is 12.9. The normalized spacial score (nSPS) is 11.3. The molecule has 0 aliphatic heterocycles. The van der Waals surface area contributed by atoms with Gasteiger partial charge in [0, 0.05) is 10.4 Å². The fourth-order valence-electron chi connectivity index (χ4n) is 2.45. The van der Waals surface area contributed by atoms with Gasteiger partial charge in [0.1, 0.15) is 5.69 Å². The molecule has 3 rings (SSSR count). The molecule has 0 atom stereocenters. The number of hydrazone groups is 1. The summed E-state index contributed by atoms with van der Waals surface area (Å²) in [6.45, 7) is 4.40. The van der Waals surface area contributed by atoms with Crippen LogP contribution in [0.3, 0.4) is 0 Å². The molecule has 0 bridgehead atoms. The molecule has 128 valence electrons. The van der Waals surface area contributed by atoms with E-state index in [2.05, 4.69) is 46.7 Å². The van der Waals surface area contributed by atoms with Crippen molar-refractivity contribution in [3.8, 4) is 11.3 Å². The van der Waals surface area contributed by atoms with E-state index in [0.29, 0.717) is 11.6 Å². The average Bonchev–Trinajstić information content (AvgIpc) is 3.26. The largest absolute Gasteiger partial charge is 0.289 e.